The van der Waals surface area contributed by atoms with Crippen LogP contribution in [0.3, 0.4) is 0 Å². The van der Waals surface area contributed by atoms with Crippen molar-refractivity contribution < 1.29 is 33.8 Å². The second kappa shape index (κ2) is 16.8. The fourth-order valence-electron chi connectivity index (χ4n) is 4.71. The number of nitrogens with one attached hydrogen (secondary N) is 2. The van der Waals surface area contributed by atoms with Gasteiger partial charge in [0.05, 0.1) is 0 Å². The van der Waals surface area contributed by atoms with Crippen molar-refractivity contribution in [3.63, 3.8) is 0 Å². The number of ether oxygens (including phenoxy) is 2. The summed E-state index contributed by atoms with van der Waals surface area (Å²) >= 11 is 0. The van der Waals surface area contributed by atoms with Crippen LogP contribution in [0.4, 0.5) is 4.79 Å². The number of hydrogen-bond acceptors (Lipinski definition) is 7. The first-order valence-electron chi connectivity index (χ1n) is 15.7. The number of benzene rings is 2. The highest BCUT2D eigenvalue weighted by atomic mass is 16.6. The van der Waals surface area contributed by atoms with E-state index >= 15 is 0 Å². The highest BCUT2D eigenvalue weighted by Gasteiger charge is 2.38. The predicted molar refractivity (Wildman–Crippen MR) is 173 cm³/mol. The number of phenolic OH excluding ortho intramolecular Hbond substituents is 1. The third-order valence-corrected chi connectivity index (χ3v) is 6.72. The highest BCUT2D eigenvalue weighted by molar-refractivity contribution is 5.94. The third kappa shape index (κ3) is 12.8. The lowest BCUT2D eigenvalue weighted by atomic mass is 9.99. The zero-order chi connectivity index (χ0) is 33.8. The van der Waals surface area contributed by atoms with Gasteiger partial charge in [0, 0.05) is 18.5 Å². The van der Waals surface area contributed by atoms with Crippen molar-refractivity contribution in [1.29, 1.82) is 0 Å². The summed E-state index contributed by atoms with van der Waals surface area (Å²) in [4.78, 5) is 55.6. The fraction of sp³-hybridized carbons (Fsp3) is 0.543. The molecular formula is C35H51N3O7. The minimum atomic E-state index is -1.32. The van der Waals surface area contributed by atoms with Crippen molar-refractivity contribution in [3.05, 3.63) is 65.7 Å². The van der Waals surface area contributed by atoms with Gasteiger partial charge in [0.1, 0.15) is 35.1 Å². The van der Waals surface area contributed by atoms with Crippen LogP contribution in [0.25, 0.3) is 0 Å². The third-order valence-electron chi connectivity index (χ3n) is 6.72. The molecule has 0 radical (unpaired) electrons. The van der Waals surface area contributed by atoms with Crippen molar-refractivity contribution in [3.8, 4) is 5.75 Å². The predicted octanol–water partition coefficient (Wildman–Crippen LogP) is 5.82. The molecule has 0 spiro atoms. The van der Waals surface area contributed by atoms with Gasteiger partial charge in [-0.05, 0) is 66.5 Å². The molecule has 3 amide bonds. The van der Waals surface area contributed by atoms with Crippen LogP contribution in [0.2, 0.25) is 0 Å². The van der Waals surface area contributed by atoms with Gasteiger partial charge in [0.25, 0.3) is 0 Å². The van der Waals surface area contributed by atoms with Crippen molar-refractivity contribution in [2.75, 3.05) is 6.54 Å². The molecule has 3 atom stereocenters. The van der Waals surface area contributed by atoms with Crippen molar-refractivity contribution in [2.24, 2.45) is 0 Å². The number of hydrogen-bond donors (Lipinski definition) is 3. The Morgan fingerprint density at radius 1 is 0.822 bits per heavy atom. The molecule has 0 fully saturated rings. The first-order chi connectivity index (χ1) is 21.0. The van der Waals surface area contributed by atoms with Gasteiger partial charge in [0.15, 0.2) is 0 Å². The normalized spacial score (nSPS) is 13.6. The summed E-state index contributed by atoms with van der Waals surface area (Å²) in [6, 6.07) is 12.0. The molecule has 0 saturated heterocycles. The zero-order valence-electron chi connectivity index (χ0n) is 28.0. The Bertz CT molecular complexity index is 1270. The Kier molecular flexibility index (Phi) is 13.9. The lowest BCUT2D eigenvalue weighted by molar-refractivity contribution is -0.159. The number of nitrogens with zero attached hydrogens (tertiary/aromatic N) is 1. The smallest absolute Gasteiger partial charge is 0.408 e. The molecule has 3 unspecified atom stereocenters. The van der Waals surface area contributed by atoms with E-state index in [-0.39, 0.29) is 24.3 Å². The summed E-state index contributed by atoms with van der Waals surface area (Å²) in [6.45, 7) is 14.1. The number of amides is 3. The maximum absolute atomic E-state index is 14.3. The van der Waals surface area contributed by atoms with Crippen LogP contribution in [0.5, 0.6) is 5.75 Å². The van der Waals surface area contributed by atoms with E-state index in [1.54, 1.807) is 59.7 Å². The number of carbonyl (C=O) groups is 4. The minimum absolute atomic E-state index is 0.149. The number of esters is 1. The van der Waals surface area contributed by atoms with E-state index in [1.807, 2.05) is 30.3 Å². The molecule has 0 bridgehead atoms. The van der Waals surface area contributed by atoms with E-state index in [4.69, 9.17) is 9.47 Å². The van der Waals surface area contributed by atoms with E-state index in [1.165, 1.54) is 17.9 Å². The molecule has 0 aromatic heterocycles. The minimum Gasteiger partial charge on any atom is -0.508 e. The second-order valence-electron chi connectivity index (χ2n) is 13.2. The first-order valence-corrected chi connectivity index (χ1v) is 15.7. The Morgan fingerprint density at radius 3 is 2.00 bits per heavy atom. The van der Waals surface area contributed by atoms with Gasteiger partial charge in [-0.25, -0.2) is 9.59 Å². The second-order valence-corrected chi connectivity index (χ2v) is 13.2. The van der Waals surface area contributed by atoms with Crippen molar-refractivity contribution >= 4 is 23.9 Å². The van der Waals surface area contributed by atoms with Gasteiger partial charge in [-0.3, -0.25) is 9.59 Å². The van der Waals surface area contributed by atoms with Gasteiger partial charge in [0.2, 0.25) is 11.8 Å². The van der Waals surface area contributed by atoms with Gasteiger partial charge in [-0.15, -0.1) is 0 Å². The molecule has 248 valence electrons. The average molecular weight is 626 g/mol. The molecule has 0 saturated carbocycles. The molecule has 2 rings (SSSR count). The van der Waals surface area contributed by atoms with Crippen LogP contribution in [-0.4, -0.2) is 63.7 Å². The van der Waals surface area contributed by atoms with Crippen LogP contribution in [-0.2, 0) is 30.3 Å². The monoisotopic (exact) mass is 625 g/mol. The first kappa shape index (κ1) is 37.1. The molecule has 0 heterocycles. The molecular weight excluding hydrogens is 574 g/mol. The topological polar surface area (TPSA) is 134 Å². The quantitative estimate of drug-likeness (QED) is 0.178. The van der Waals surface area contributed by atoms with Crippen LogP contribution >= 0.6 is 0 Å². The maximum Gasteiger partial charge on any atom is 0.408 e. The van der Waals surface area contributed by atoms with E-state index in [9.17, 15) is 24.3 Å². The standard InChI is InChI=1S/C35H51N3O7/c1-9-10-11-17-22-38(31(41)24(2)36-33(43)45-35(6,7)8)29(26-20-15-16-21-28(26)39)30(40)37-27(32(42)44-34(3,4)5)23-25-18-13-12-14-19-25/h12-16,18-21,24,27,29,39H,9-11,17,22-23H2,1-8H3,(H,36,43)(H,37,40). The summed E-state index contributed by atoms with van der Waals surface area (Å²) in [5, 5.41) is 16.3. The number of aromatic hydroxyl groups is 1. The van der Waals surface area contributed by atoms with Crippen LogP contribution in [0, 0.1) is 0 Å². The Hall–Kier alpha value is -4.08. The fourth-order valence-corrected chi connectivity index (χ4v) is 4.71. The molecule has 0 aliphatic heterocycles. The molecule has 3 N–H and O–H groups in total. The molecule has 10 heteroatoms. The number of carbonyl (C=O) groups excluding carboxylic acids is 4. The largest absolute Gasteiger partial charge is 0.508 e. The van der Waals surface area contributed by atoms with Crippen LogP contribution < -0.4 is 10.6 Å². The van der Waals surface area contributed by atoms with Crippen molar-refractivity contribution in [1.82, 2.24) is 15.5 Å². The summed E-state index contributed by atoms with van der Waals surface area (Å²) < 4.78 is 11.0. The average Bonchev–Trinajstić information content (AvgIpc) is 2.93. The number of para-hydroxylation sites is 1. The van der Waals surface area contributed by atoms with Gasteiger partial charge in [-0.1, -0.05) is 74.7 Å². The van der Waals surface area contributed by atoms with E-state index < -0.39 is 53.2 Å². The lowest BCUT2D eigenvalue weighted by Gasteiger charge is -2.35. The van der Waals surface area contributed by atoms with E-state index in [2.05, 4.69) is 17.6 Å². The molecule has 45 heavy (non-hydrogen) atoms. The van der Waals surface area contributed by atoms with Crippen LogP contribution in [0.1, 0.15) is 98.2 Å². The Labute approximate surface area is 267 Å². The van der Waals surface area contributed by atoms with E-state index in [0.29, 0.717) is 6.42 Å². The highest BCUT2D eigenvalue weighted by Crippen LogP contribution is 2.30. The lowest BCUT2D eigenvalue weighted by Crippen LogP contribution is -2.54. The summed E-state index contributed by atoms with van der Waals surface area (Å²) in [5.41, 5.74) is -0.598. The summed E-state index contributed by atoms with van der Waals surface area (Å²) in [5.74, 6) is -2.03. The van der Waals surface area contributed by atoms with Gasteiger partial charge in [-0.2, -0.15) is 0 Å². The summed E-state index contributed by atoms with van der Waals surface area (Å²) in [6.07, 6.45) is 2.65. The van der Waals surface area contributed by atoms with Crippen molar-refractivity contribution in [2.45, 2.75) is 117 Å². The zero-order valence-corrected chi connectivity index (χ0v) is 28.0. The number of rotatable bonds is 14. The van der Waals surface area contributed by atoms with Gasteiger partial charge < -0.3 is 30.1 Å². The number of alkyl carbamates (subject to hydrolysis) is 1. The number of unbranched alkanes of at least 4 members (excludes halogenated alkanes) is 3. The summed E-state index contributed by atoms with van der Waals surface area (Å²) in [7, 11) is 0. The molecule has 0 aliphatic carbocycles. The molecule has 2 aromatic rings. The van der Waals surface area contributed by atoms with Crippen LogP contribution in [0.15, 0.2) is 54.6 Å². The SMILES string of the molecule is CCCCCCN(C(=O)C(C)NC(=O)OC(C)(C)C)C(C(=O)NC(Cc1ccccc1)C(=O)OC(C)(C)C)c1ccccc1O. The Balaban J connectivity index is 2.54. The maximum atomic E-state index is 14.3. The van der Waals surface area contributed by atoms with E-state index in [0.717, 1.165) is 24.8 Å². The molecule has 0 aliphatic rings. The van der Waals surface area contributed by atoms with Gasteiger partial charge >= 0.3 is 12.1 Å². The number of phenols is 1. The molecule has 10 nitrogen and oxygen atoms in total. The Morgan fingerprint density at radius 2 is 1.42 bits per heavy atom. The molecule has 2 aromatic carbocycles.